The molecule has 0 aliphatic heterocycles. The number of aromatic nitrogens is 1. The predicted molar refractivity (Wildman–Crippen MR) is 61.0 cm³/mol. The number of benzene rings is 1. The zero-order chi connectivity index (χ0) is 10.8. The van der Waals surface area contributed by atoms with E-state index < -0.39 is 0 Å². The Morgan fingerprint density at radius 2 is 2.40 bits per heavy atom. The molecule has 3 nitrogen and oxygen atoms in total. The van der Waals surface area contributed by atoms with Crippen molar-refractivity contribution in [1.29, 1.82) is 0 Å². The molecule has 1 aromatic carbocycles. The van der Waals surface area contributed by atoms with Gasteiger partial charge in [0.25, 0.3) is 0 Å². The summed E-state index contributed by atoms with van der Waals surface area (Å²) in [5.41, 5.74) is 1.42. The van der Waals surface area contributed by atoms with Crippen LogP contribution in [0.5, 0.6) is 0 Å². The Bertz CT molecular complexity index is 509. The van der Waals surface area contributed by atoms with E-state index in [2.05, 4.69) is 4.98 Å². The molecule has 78 valence electrons. The van der Waals surface area contributed by atoms with E-state index in [1.165, 1.54) is 18.7 Å². The summed E-state index contributed by atoms with van der Waals surface area (Å²) in [5, 5.41) is 0.678. The fourth-order valence-electron chi connectivity index (χ4n) is 1.17. The van der Waals surface area contributed by atoms with Crippen LogP contribution in [0.15, 0.2) is 22.6 Å². The molecule has 0 spiro atoms. The van der Waals surface area contributed by atoms with Crippen LogP contribution in [-0.4, -0.2) is 10.1 Å². The predicted octanol–water partition coefficient (Wildman–Crippen LogP) is 3.26. The zero-order valence-electron chi connectivity index (χ0n) is 7.99. The highest BCUT2D eigenvalue weighted by Gasteiger charge is 2.07. The first-order chi connectivity index (χ1) is 7.15. The van der Waals surface area contributed by atoms with Gasteiger partial charge in [0.15, 0.2) is 10.7 Å². The Labute approximate surface area is 95.8 Å². The van der Waals surface area contributed by atoms with Gasteiger partial charge >= 0.3 is 0 Å². The fourth-order valence-corrected chi connectivity index (χ4v) is 1.79. The molecule has 0 saturated heterocycles. The molecule has 0 N–H and O–H groups in total. The second kappa shape index (κ2) is 4.24. The molecular weight excluding hydrogens is 234 g/mol. The lowest BCUT2D eigenvalue weighted by Gasteiger charge is -1.89. The Morgan fingerprint density at radius 3 is 3.13 bits per heavy atom. The molecule has 1 heterocycles. The number of carbonyl (C=O) groups is 1. The largest absolute Gasteiger partial charge is 0.440 e. The van der Waals surface area contributed by atoms with Crippen LogP contribution in [0.3, 0.4) is 0 Å². The summed E-state index contributed by atoms with van der Waals surface area (Å²) in [5.74, 6) is 1.01. The standard InChI is InChI=1S/C10H8ClNO2S/c1-6(13)15-5-10-12-8-4-7(11)2-3-9(8)14-10/h2-4H,5H2,1H3. The number of halogens is 1. The van der Waals surface area contributed by atoms with E-state index in [9.17, 15) is 4.79 Å². The molecule has 0 bridgehead atoms. The van der Waals surface area contributed by atoms with Gasteiger partial charge in [-0.3, -0.25) is 4.79 Å². The Kier molecular flexibility index (Phi) is 2.98. The van der Waals surface area contributed by atoms with Crippen molar-refractivity contribution in [3.63, 3.8) is 0 Å². The number of fused-ring (bicyclic) bond motifs is 1. The first-order valence-corrected chi connectivity index (χ1v) is 5.70. The van der Waals surface area contributed by atoms with Crippen molar-refractivity contribution in [2.75, 3.05) is 0 Å². The minimum atomic E-state index is 0.0512. The first kappa shape index (κ1) is 10.5. The smallest absolute Gasteiger partial charge is 0.205 e. The van der Waals surface area contributed by atoms with Gasteiger partial charge in [0.2, 0.25) is 5.89 Å². The van der Waals surface area contributed by atoms with Crippen LogP contribution in [0.4, 0.5) is 0 Å². The molecule has 15 heavy (non-hydrogen) atoms. The fraction of sp³-hybridized carbons (Fsp3) is 0.200. The summed E-state index contributed by atoms with van der Waals surface area (Å²) < 4.78 is 5.43. The highest BCUT2D eigenvalue weighted by Crippen LogP contribution is 2.22. The zero-order valence-corrected chi connectivity index (χ0v) is 9.56. The highest BCUT2D eigenvalue weighted by molar-refractivity contribution is 8.12. The van der Waals surface area contributed by atoms with E-state index in [4.69, 9.17) is 16.0 Å². The molecule has 0 saturated carbocycles. The molecule has 0 radical (unpaired) electrons. The van der Waals surface area contributed by atoms with Crippen LogP contribution in [0.2, 0.25) is 5.02 Å². The van der Waals surface area contributed by atoms with Gasteiger partial charge in [-0.1, -0.05) is 23.4 Å². The number of oxazole rings is 1. The molecule has 0 unspecified atom stereocenters. The summed E-state index contributed by atoms with van der Waals surface area (Å²) in [6.07, 6.45) is 0. The van der Waals surface area contributed by atoms with Crippen molar-refractivity contribution in [3.8, 4) is 0 Å². The van der Waals surface area contributed by atoms with Crippen molar-refractivity contribution in [1.82, 2.24) is 4.98 Å². The average Bonchev–Trinajstić information content (AvgIpc) is 2.56. The van der Waals surface area contributed by atoms with Crippen molar-refractivity contribution >= 4 is 39.6 Å². The molecule has 1 aromatic heterocycles. The second-order valence-corrected chi connectivity index (χ2v) is 4.59. The maximum absolute atomic E-state index is 10.8. The van der Waals surface area contributed by atoms with Gasteiger partial charge < -0.3 is 4.42 Å². The minimum Gasteiger partial charge on any atom is -0.440 e. The third kappa shape index (κ3) is 2.52. The lowest BCUT2D eigenvalue weighted by Crippen LogP contribution is -1.84. The van der Waals surface area contributed by atoms with Crippen LogP contribution in [0.25, 0.3) is 11.1 Å². The number of rotatable bonds is 2. The summed E-state index contributed by atoms with van der Waals surface area (Å²) >= 11 is 6.99. The van der Waals surface area contributed by atoms with Gasteiger partial charge in [-0.15, -0.1) is 0 Å². The summed E-state index contributed by atoms with van der Waals surface area (Å²) in [6.45, 7) is 1.52. The van der Waals surface area contributed by atoms with Crippen molar-refractivity contribution < 1.29 is 9.21 Å². The van der Waals surface area contributed by atoms with Crippen molar-refractivity contribution in [3.05, 3.63) is 29.1 Å². The molecule has 0 aliphatic carbocycles. The normalized spacial score (nSPS) is 10.8. The number of hydrogen-bond acceptors (Lipinski definition) is 4. The Balaban J connectivity index is 2.27. The maximum atomic E-state index is 10.8. The van der Waals surface area contributed by atoms with E-state index in [1.807, 2.05) is 0 Å². The third-order valence-corrected chi connectivity index (χ3v) is 2.83. The van der Waals surface area contributed by atoms with Crippen LogP contribution in [0.1, 0.15) is 12.8 Å². The summed E-state index contributed by atoms with van der Waals surface area (Å²) in [4.78, 5) is 15.0. The molecule has 5 heteroatoms. The van der Waals surface area contributed by atoms with E-state index in [1.54, 1.807) is 18.2 Å². The van der Waals surface area contributed by atoms with Gasteiger partial charge in [0, 0.05) is 11.9 Å². The van der Waals surface area contributed by atoms with Crippen LogP contribution in [-0.2, 0) is 10.5 Å². The van der Waals surface area contributed by atoms with E-state index >= 15 is 0 Å². The SMILES string of the molecule is CC(=O)SCc1nc2cc(Cl)ccc2o1. The van der Waals surface area contributed by atoms with Crippen molar-refractivity contribution in [2.24, 2.45) is 0 Å². The monoisotopic (exact) mass is 241 g/mol. The Morgan fingerprint density at radius 1 is 1.60 bits per heavy atom. The van der Waals surface area contributed by atoms with Gasteiger partial charge in [0.05, 0.1) is 5.75 Å². The molecule has 0 fully saturated rings. The lowest BCUT2D eigenvalue weighted by atomic mass is 10.3. The number of thioether (sulfide) groups is 1. The van der Waals surface area contributed by atoms with Crippen molar-refractivity contribution in [2.45, 2.75) is 12.7 Å². The Hall–Kier alpha value is -1.00. The maximum Gasteiger partial charge on any atom is 0.205 e. The molecule has 0 atom stereocenters. The molecule has 2 rings (SSSR count). The van der Waals surface area contributed by atoms with Crippen LogP contribution < -0.4 is 0 Å². The number of nitrogens with zero attached hydrogens (tertiary/aromatic N) is 1. The first-order valence-electron chi connectivity index (χ1n) is 4.33. The van der Waals surface area contributed by atoms with E-state index in [0.29, 0.717) is 22.2 Å². The third-order valence-electron chi connectivity index (χ3n) is 1.79. The highest BCUT2D eigenvalue weighted by atomic mass is 35.5. The quantitative estimate of drug-likeness (QED) is 0.810. The molecular formula is C10H8ClNO2S. The number of carbonyl (C=O) groups excluding carboxylic acids is 1. The van der Waals surface area contributed by atoms with Gasteiger partial charge in [-0.25, -0.2) is 4.98 Å². The summed E-state index contributed by atoms with van der Waals surface area (Å²) in [7, 11) is 0. The second-order valence-electron chi connectivity index (χ2n) is 3.00. The van der Waals surface area contributed by atoms with Crippen LogP contribution in [0, 0.1) is 0 Å². The van der Waals surface area contributed by atoms with E-state index in [0.717, 1.165) is 5.52 Å². The van der Waals surface area contributed by atoms with Crippen LogP contribution >= 0.6 is 23.4 Å². The topological polar surface area (TPSA) is 43.1 Å². The van der Waals surface area contributed by atoms with Gasteiger partial charge in [-0.2, -0.15) is 0 Å². The molecule has 0 aliphatic rings. The summed E-state index contributed by atoms with van der Waals surface area (Å²) in [6, 6.07) is 5.26. The van der Waals surface area contributed by atoms with Gasteiger partial charge in [-0.05, 0) is 18.2 Å². The molecule has 2 aromatic rings. The molecule has 0 amide bonds. The lowest BCUT2D eigenvalue weighted by molar-refractivity contribution is -0.109. The van der Waals surface area contributed by atoms with Gasteiger partial charge in [0.1, 0.15) is 5.52 Å². The van der Waals surface area contributed by atoms with E-state index in [-0.39, 0.29) is 5.12 Å². The number of hydrogen-bond donors (Lipinski definition) is 0. The average molecular weight is 242 g/mol. The minimum absolute atomic E-state index is 0.0512.